The number of amides is 3. The second-order valence-electron chi connectivity index (χ2n) is 9.50. The quantitative estimate of drug-likeness (QED) is 0.410. The summed E-state index contributed by atoms with van der Waals surface area (Å²) in [6.07, 6.45) is -7.90. The lowest BCUT2D eigenvalue weighted by molar-refractivity contribution is -0.140. The van der Waals surface area contributed by atoms with E-state index in [2.05, 4.69) is 5.32 Å². The maximum Gasteiger partial charge on any atom is 0.419 e. The van der Waals surface area contributed by atoms with Crippen LogP contribution in [0.2, 0.25) is 0 Å². The average Bonchev–Trinajstić information content (AvgIpc) is 2.89. The molecule has 2 aliphatic heterocycles. The van der Waals surface area contributed by atoms with Crippen molar-refractivity contribution in [3.05, 3.63) is 64.9 Å². The third-order valence-electron chi connectivity index (χ3n) is 6.48. The van der Waals surface area contributed by atoms with Gasteiger partial charge in [-0.1, -0.05) is 12.1 Å². The highest BCUT2D eigenvalue weighted by atomic mass is 32.2. The van der Waals surface area contributed by atoms with E-state index in [0.29, 0.717) is 50.1 Å². The smallest absolute Gasteiger partial charge is 0.419 e. The first-order chi connectivity index (χ1) is 19.4. The number of nitrogens with zero attached hydrogens (tertiary/aromatic N) is 2. The third kappa shape index (κ3) is 8.45. The lowest BCUT2D eigenvalue weighted by atomic mass is 10.0. The molecule has 1 atom stereocenters. The minimum Gasteiger partial charge on any atom is -0.699 e. The zero-order valence-corrected chi connectivity index (χ0v) is 22.5. The number of urea groups is 1. The van der Waals surface area contributed by atoms with Crippen LogP contribution in [0.3, 0.4) is 0 Å². The molecular weight excluding hydrogens is 604 g/mol. The van der Waals surface area contributed by atoms with E-state index in [-0.39, 0.29) is 36.0 Å². The average molecular weight is 630 g/mol. The van der Waals surface area contributed by atoms with E-state index in [4.69, 9.17) is 5.73 Å². The molecule has 2 aromatic rings. The second-order valence-corrected chi connectivity index (χ2v) is 11.8. The maximum atomic E-state index is 13.8. The van der Waals surface area contributed by atoms with E-state index < -0.39 is 62.9 Å². The standard InChI is InChI=1S/C18H21F4N3O4S.C7H4F4N/c19-14-11-12(4-5-13(14)18(20,21)22)23-16(26)15-3-1-2-6-25(15)17(27)24-7-9-30(28,29)10-8-24;8-6-2-1-4(12)3-5(6)7(9,10)11/h4-5,11,15H,1-3,6-10H2,(H,23,26);1-3,12H/q;-1/t15-;/m0./s1. The molecule has 232 valence electrons. The Balaban J connectivity index is 0.000000337. The van der Waals surface area contributed by atoms with E-state index >= 15 is 0 Å². The number of anilines is 1. The van der Waals surface area contributed by atoms with E-state index in [0.717, 1.165) is 12.1 Å². The largest absolute Gasteiger partial charge is 0.699 e. The van der Waals surface area contributed by atoms with E-state index in [1.54, 1.807) is 0 Å². The molecular formula is C25H25F8N4O4S-. The van der Waals surface area contributed by atoms with Gasteiger partial charge in [0.05, 0.1) is 22.6 Å². The second kappa shape index (κ2) is 12.7. The van der Waals surface area contributed by atoms with Crippen molar-refractivity contribution in [1.29, 1.82) is 0 Å². The fourth-order valence-electron chi connectivity index (χ4n) is 4.31. The Labute approximate surface area is 235 Å². The number of nitrogens with one attached hydrogen (secondary N) is 2. The van der Waals surface area contributed by atoms with Crippen molar-refractivity contribution in [2.45, 2.75) is 37.7 Å². The van der Waals surface area contributed by atoms with Gasteiger partial charge < -0.3 is 20.9 Å². The molecule has 2 N–H and O–H groups in total. The molecule has 2 aliphatic rings. The van der Waals surface area contributed by atoms with Crippen LogP contribution in [0.15, 0.2) is 36.4 Å². The summed E-state index contributed by atoms with van der Waals surface area (Å²) in [4.78, 5) is 28.3. The minimum absolute atomic E-state index is 0.0378. The van der Waals surface area contributed by atoms with E-state index in [9.17, 15) is 53.1 Å². The van der Waals surface area contributed by atoms with Gasteiger partial charge in [0.1, 0.15) is 17.7 Å². The summed E-state index contributed by atoms with van der Waals surface area (Å²) >= 11 is 0. The molecule has 2 heterocycles. The Morgan fingerprint density at radius 1 is 0.833 bits per heavy atom. The van der Waals surface area contributed by atoms with Gasteiger partial charge in [-0.05, 0) is 43.5 Å². The van der Waals surface area contributed by atoms with Crippen molar-refractivity contribution >= 4 is 33.2 Å². The molecule has 0 saturated carbocycles. The van der Waals surface area contributed by atoms with Crippen LogP contribution < -0.4 is 5.32 Å². The molecule has 42 heavy (non-hydrogen) atoms. The Morgan fingerprint density at radius 3 is 2.00 bits per heavy atom. The Bertz CT molecular complexity index is 1400. The summed E-state index contributed by atoms with van der Waals surface area (Å²) in [6.45, 7) is 0.369. The molecule has 17 heteroatoms. The van der Waals surface area contributed by atoms with Crippen LogP contribution in [-0.4, -0.2) is 67.3 Å². The number of benzene rings is 2. The van der Waals surface area contributed by atoms with Crippen LogP contribution in [0.5, 0.6) is 0 Å². The van der Waals surface area contributed by atoms with E-state index in [1.165, 1.54) is 9.80 Å². The van der Waals surface area contributed by atoms with Crippen molar-refractivity contribution in [3.8, 4) is 0 Å². The highest BCUT2D eigenvalue weighted by Gasteiger charge is 2.37. The van der Waals surface area contributed by atoms with Crippen molar-refractivity contribution < 1.29 is 53.1 Å². The number of likely N-dealkylation sites (tertiary alicyclic amines) is 1. The van der Waals surface area contributed by atoms with Crippen LogP contribution in [0.4, 0.5) is 51.3 Å². The Hall–Kier alpha value is -3.63. The first-order valence-electron chi connectivity index (χ1n) is 12.4. The van der Waals surface area contributed by atoms with Crippen molar-refractivity contribution in [2.24, 2.45) is 0 Å². The summed E-state index contributed by atoms with van der Waals surface area (Å²) in [5, 5.41) is 2.38. The maximum absolute atomic E-state index is 13.8. The number of carbonyl (C=O) groups excluding carboxylic acids is 2. The molecule has 4 rings (SSSR count). The lowest BCUT2D eigenvalue weighted by Gasteiger charge is -2.39. The number of halogens is 8. The van der Waals surface area contributed by atoms with Crippen molar-refractivity contribution in [2.75, 3.05) is 36.5 Å². The van der Waals surface area contributed by atoms with Gasteiger partial charge >= 0.3 is 18.4 Å². The molecule has 0 radical (unpaired) electrons. The van der Waals surface area contributed by atoms with Gasteiger partial charge in [0.25, 0.3) is 0 Å². The molecule has 2 saturated heterocycles. The number of sulfone groups is 1. The highest BCUT2D eigenvalue weighted by molar-refractivity contribution is 7.91. The molecule has 0 spiro atoms. The van der Waals surface area contributed by atoms with E-state index in [1.807, 2.05) is 0 Å². The number of alkyl halides is 6. The number of piperidine rings is 1. The monoisotopic (exact) mass is 629 g/mol. The molecule has 0 unspecified atom stereocenters. The predicted octanol–water partition coefficient (Wildman–Crippen LogP) is 6.02. The third-order valence-corrected chi connectivity index (χ3v) is 8.09. The summed E-state index contributed by atoms with van der Waals surface area (Å²) < 4.78 is 123. The normalized spacial score (nSPS) is 19.0. The van der Waals surface area contributed by atoms with Gasteiger partial charge in [-0.15, -0.1) is 5.69 Å². The number of hydrogen-bond acceptors (Lipinski definition) is 4. The fraction of sp³-hybridized carbons (Fsp3) is 0.440. The summed E-state index contributed by atoms with van der Waals surface area (Å²) in [5.41, 5.74) is 3.51. The fourth-order valence-corrected chi connectivity index (χ4v) is 5.51. The summed E-state index contributed by atoms with van der Waals surface area (Å²) in [5.74, 6) is -3.78. The molecule has 8 nitrogen and oxygen atoms in total. The Morgan fingerprint density at radius 2 is 1.45 bits per heavy atom. The SMILES string of the molecule is O=C(Nc1ccc(C(F)(F)F)c(F)c1)[C@@H]1CCCCN1C(=O)N1CCS(=O)(=O)CC1.[NH-]c1ccc(F)c(C(F)(F)F)c1. The summed E-state index contributed by atoms with van der Waals surface area (Å²) in [6, 6.07) is 2.80. The van der Waals surface area contributed by atoms with Gasteiger partial charge in [0, 0.05) is 25.3 Å². The molecule has 0 aromatic heterocycles. The Kier molecular flexibility index (Phi) is 9.95. The first-order valence-corrected chi connectivity index (χ1v) is 14.2. The van der Waals surface area contributed by atoms with Gasteiger partial charge in [-0.25, -0.2) is 22.0 Å². The topological polar surface area (TPSA) is 111 Å². The zero-order chi connectivity index (χ0) is 31.5. The van der Waals surface area contributed by atoms with Crippen LogP contribution in [0.1, 0.15) is 30.4 Å². The van der Waals surface area contributed by atoms with Crippen LogP contribution in [0.25, 0.3) is 5.73 Å². The molecule has 3 amide bonds. The van der Waals surface area contributed by atoms with Gasteiger partial charge in [0.15, 0.2) is 9.84 Å². The number of hydrogen-bond donors (Lipinski definition) is 1. The predicted molar refractivity (Wildman–Crippen MR) is 135 cm³/mol. The number of rotatable bonds is 2. The van der Waals surface area contributed by atoms with Gasteiger partial charge in [0.2, 0.25) is 5.91 Å². The van der Waals surface area contributed by atoms with Gasteiger partial charge in [-0.3, -0.25) is 4.79 Å². The molecule has 0 bridgehead atoms. The van der Waals surface area contributed by atoms with Crippen LogP contribution >= 0.6 is 0 Å². The highest BCUT2D eigenvalue weighted by Crippen LogP contribution is 2.34. The van der Waals surface area contributed by atoms with Crippen molar-refractivity contribution in [3.63, 3.8) is 0 Å². The number of carbonyl (C=O) groups is 2. The lowest BCUT2D eigenvalue weighted by Crippen LogP contribution is -2.56. The first kappa shape index (κ1) is 32.9. The molecule has 2 aromatic carbocycles. The molecule has 0 aliphatic carbocycles. The molecule has 2 fully saturated rings. The zero-order valence-electron chi connectivity index (χ0n) is 21.7. The minimum atomic E-state index is -4.85. The van der Waals surface area contributed by atoms with Crippen LogP contribution in [0, 0.1) is 11.6 Å². The van der Waals surface area contributed by atoms with Gasteiger partial charge in [-0.2, -0.15) is 26.3 Å². The van der Waals surface area contributed by atoms with Crippen molar-refractivity contribution in [1.82, 2.24) is 9.80 Å². The summed E-state index contributed by atoms with van der Waals surface area (Å²) in [7, 11) is -3.18. The van der Waals surface area contributed by atoms with Crippen LogP contribution in [-0.2, 0) is 27.0 Å².